The van der Waals surface area contributed by atoms with Crippen LogP contribution in [0.4, 0.5) is 0 Å². The second-order valence-electron chi connectivity index (χ2n) is 0.838. The molecule has 0 saturated heterocycles. The van der Waals surface area contributed by atoms with Crippen molar-refractivity contribution < 1.29 is 37.6 Å². The summed E-state index contributed by atoms with van der Waals surface area (Å²) >= 11 is 0. The van der Waals surface area contributed by atoms with Gasteiger partial charge in [-0.1, -0.05) is 6.08 Å². The Morgan fingerprint density at radius 3 is 2.14 bits per heavy atom. The molecule has 0 fully saturated rings. The number of aliphatic carboxylic acids is 1. The van der Waals surface area contributed by atoms with Crippen LogP contribution in [0.1, 0.15) is 6.92 Å². The number of hydrogen-bond donors (Lipinski definition) is 1. The van der Waals surface area contributed by atoms with Crippen LogP contribution < -0.4 is 0 Å². The van der Waals surface area contributed by atoms with Gasteiger partial charge in [0.25, 0.3) is 0 Å². The van der Waals surface area contributed by atoms with Crippen LogP contribution in [0.3, 0.4) is 0 Å². The molecule has 0 saturated carbocycles. The summed E-state index contributed by atoms with van der Waals surface area (Å²) in [6.07, 6.45) is 2.56. The third-order valence-electron chi connectivity index (χ3n) is 0.309. The van der Waals surface area contributed by atoms with Crippen molar-refractivity contribution in [2.45, 2.75) is 6.92 Å². The molecular weight excluding hydrogens is 281 g/mol. The standard InChI is InChI=1S/C4H6O2.Hg/c1-2-3-4(5)6;/h2-3H,1H3,(H,5,6);/b3-2+;. The predicted molar refractivity (Wildman–Crippen MR) is 22.4 cm³/mol. The molecule has 36 valence electrons. The number of hydrogen-bond acceptors (Lipinski definition) is 1. The number of carbonyl (C=O) groups is 1. The Labute approximate surface area is 62.7 Å². The molecule has 0 heterocycles. The normalized spacial score (nSPS) is 8.14. The zero-order valence-electron chi connectivity index (χ0n) is 4.22. The van der Waals surface area contributed by atoms with E-state index in [1.54, 1.807) is 6.92 Å². The van der Waals surface area contributed by atoms with Crippen LogP contribution >= 0.6 is 0 Å². The number of allylic oxidation sites excluding steroid dienone is 1. The average Bonchev–Trinajstić information content (AvgIpc) is 1.35. The number of carboxylic acid groups (broad SMARTS) is 1. The molecule has 3 heteroatoms. The van der Waals surface area contributed by atoms with Gasteiger partial charge in [0.2, 0.25) is 0 Å². The molecule has 0 aromatic carbocycles. The Morgan fingerprint density at radius 1 is 1.71 bits per heavy atom. The van der Waals surface area contributed by atoms with E-state index in [1.807, 2.05) is 0 Å². The van der Waals surface area contributed by atoms with Crippen LogP contribution in [0.25, 0.3) is 0 Å². The minimum Gasteiger partial charge on any atom is -0.478 e. The van der Waals surface area contributed by atoms with Gasteiger partial charge < -0.3 is 5.11 Å². The third-order valence-corrected chi connectivity index (χ3v) is 0.309. The zero-order chi connectivity index (χ0) is 4.99. The molecule has 0 radical (unpaired) electrons. The van der Waals surface area contributed by atoms with Crippen LogP contribution in [-0.4, -0.2) is 11.1 Å². The SMILES string of the molecule is C/C=C/C(=O)O.[Hg]. The van der Waals surface area contributed by atoms with Gasteiger partial charge in [-0.2, -0.15) is 0 Å². The van der Waals surface area contributed by atoms with Gasteiger partial charge in [-0.25, -0.2) is 4.79 Å². The molecule has 0 spiro atoms. The summed E-state index contributed by atoms with van der Waals surface area (Å²) in [7, 11) is 0. The van der Waals surface area contributed by atoms with Crippen LogP contribution in [-0.2, 0) is 32.5 Å². The second kappa shape index (κ2) is 6.15. The van der Waals surface area contributed by atoms with E-state index in [-0.39, 0.29) is 27.7 Å². The molecular formula is C4H6HgO2. The summed E-state index contributed by atoms with van der Waals surface area (Å²) in [6, 6.07) is 0. The van der Waals surface area contributed by atoms with Gasteiger partial charge in [-0.15, -0.1) is 0 Å². The van der Waals surface area contributed by atoms with Gasteiger partial charge >= 0.3 is 5.97 Å². The van der Waals surface area contributed by atoms with E-state index in [4.69, 9.17) is 5.11 Å². The molecule has 0 aromatic rings. The number of rotatable bonds is 1. The maximum absolute atomic E-state index is 9.51. The Morgan fingerprint density at radius 2 is 2.14 bits per heavy atom. The molecule has 0 aliphatic carbocycles. The van der Waals surface area contributed by atoms with Gasteiger partial charge in [-0.3, -0.25) is 0 Å². The molecule has 7 heavy (non-hydrogen) atoms. The van der Waals surface area contributed by atoms with E-state index in [9.17, 15) is 4.79 Å². The largest absolute Gasteiger partial charge is 0.478 e. The quantitative estimate of drug-likeness (QED) is 0.567. The fourth-order valence-corrected chi connectivity index (χ4v) is 0.143. The average molecular weight is 287 g/mol. The monoisotopic (exact) mass is 288 g/mol. The van der Waals surface area contributed by atoms with E-state index in [1.165, 1.54) is 6.08 Å². The van der Waals surface area contributed by atoms with E-state index in [0.29, 0.717) is 0 Å². The molecule has 1 N–H and O–H groups in total. The van der Waals surface area contributed by atoms with Gasteiger partial charge in [0.05, 0.1) is 0 Å². The van der Waals surface area contributed by atoms with Crippen molar-refractivity contribution in [3.8, 4) is 0 Å². The molecule has 0 amide bonds. The van der Waals surface area contributed by atoms with E-state index < -0.39 is 5.97 Å². The fraction of sp³-hybridized carbons (Fsp3) is 0.250. The van der Waals surface area contributed by atoms with Crippen molar-refractivity contribution in [1.82, 2.24) is 0 Å². The Kier molecular flexibility index (Phi) is 8.95. The van der Waals surface area contributed by atoms with Crippen molar-refractivity contribution in [2.24, 2.45) is 0 Å². The summed E-state index contributed by atoms with van der Waals surface area (Å²) in [5.41, 5.74) is 0. The molecule has 0 aliphatic rings. The van der Waals surface area contributed by atoms with Crippen LogP contribution in [0.15, 0.2) is 12.2 Å². The van der Waals surface area contributed by atoms with Gasteiger partial charge in [0.1, 0.15) is 0 Å². The summed E-state index contributed by atoms with van der Waals surface area (Å²) in [6.45, 7) is 1.66. The Bertz CT molecular complexity index is 77.8. The first-order valence-corrected chi connectivity index (χ1v) is 1.63. The molecule has 0 atom stereocenters. The number of carboxylic acids is 1. The van der Waals surface area contributed by atoms with Crippen molar-refractivity contribution >= 4 is 5.97 Å². The minimum absolute atomic E-state index is 0. The van der Waals surface area contributed by atoms with Crippen LogP contribution in [0.2, 0.25) is 0 Å². The van der Waals surface area contributed by atoms with E-state index in [0.717, 1.165) is 6.08 Å². The van der Waals surface area contributed by atoms with Gasteiger partial charge in [0, 0.05) is 33.7 Å². The maximum Gasteiger partial charge on any atom is 0.327 e. The first kappa shape index (κ1) is 10.2. The summed E-state index contributed by atoms with van der Waals surface area (Å²) in [5.74, 6) is -0.891. The van der Waals surface area contributed by atoms with Crippen molar-refractivity contribution in [3.05, 3.63) is 12.2 Å². The Balaban J connectivity index is 0. The van der Waals surface area contributed by atoms with E-state index >= 15 is 0 Å². The van der Waals surface area contributed by atoms with Crippen LogP contribution in [0, 0.1) is 0 Å². The summed E-state index contributed by atoms with van der Waals surface area (Å²) in [4.78, 5) is 9.51. The molecule has 2 nitrogen and oxygen atoms in total. The zero-order valence-corrected chi connectivity index (χ0v) is 9.71. The summed E-state index contributed by atoms with van der Waals surface area (Å²) in [5, 5.41) is 7.83. The molecule has 0 aromatic heterocycles. The topological polar surface area (TPSA) is 37.3 Å². The molecule has 0 bridgehead atoms. The third kappa shape index (κ3) is 10.7. The molecule has 0 rings (SSSR count). The van der Waals surface area contributed by atoms with Crippen molar-refractivity contribution in [2.75, 3.05) is 0 Å². The second-order valence-corrected chi connectivity index (χ2v) is 0.838. The van der Waals surface area contributed by atoms with E-state index in [2.05, 4.69) is 0 Å². The Hall–Kier alpha value is 0.145. The molecule has 0 unspecified atom stereocenters. The summed E-state index contributed by atoms with van der Waals surface area (Å²) < 4.78 is 0. The van der Waals surface area contributed by atoms with Crippen molar-refractivity contribution in [3.63, 3.8) is 0 Å². The first-order chi connectivity index (χ1) is 2.77. The smallest absolute Gasteiger partial charge is 0.327 e. The van der Waals surface area contributed by atoms with Crippen LogP contribution in [0.5, 0.6) is 0 Å². The maximum atomic E-state index is 9.51. The van der Waals surface area contributed by atoms with Crippen molar-refractivity contribution in [1.29, 1.82) is 0 Å². The molecule has 0 aliphatic heterocycles. The van der Waals surface area contributed by atoms with Gasteiger partial charge in [0.15, 0.2) is 0 Å². The van der Waals surface area contributed by atoms with Gasteiger partial charge in [-0.05, 0) is 6.92 Å². The first-order valence-electron chi connectivity index (χ1n) is 1.63. The fourth-order valence-electron chi connectivity index (χ4n) is 0.143. The minimum atomic E-state index is -0.891. The predicted octanol–water partition coefficient (Wildman–Crippen LogP) is 0.645.